The van der Waals surface area contributed by atoms with Crippen LogP contribution in [-0.2, 0) is 20.0 Å². The summed E-state index contributed by atoms with van der Waals surface area (Å²) in [6.07, 6.45) is 5.03. The predicted octanol–water partition coefficient (Wildman–Crippen LogP) is 4.35. The Morgan fingerprint density at radius 2 is 1.53 bits per heavy atom. The molecule has 0 saturated carbocycles. The molecule has 0 spiro atoms. The van der Waals surface area contributed by atoms with E-state index in [4.69, 9.17) is 11.6 Å². The van der Waals surface area contributed by atoms with Crippen molar-refractivity contribution < 1.29 is 21.6 Å². The fraction of sp³-hybridized carbons (Fsp3) is 0.250. The minimum Gasteiger partial charge on any atom is -0.322 e. The number of carbonyl (C=O) groups excluding carboxylic acids is 1. The van der Waals surface area contributed by atoms with Crippen LogP contribution in [0.15, 0.2) is 76.7 Å². The van der Waals surface area contributed by atoms with Crippen LogP contribution in [0.1, 0.15) is 36.0 Å². The van der Waals surface area contributed by atoms with Gasteiger partial charge in [-0.25, -0.2) is 21.8 Å². The zero-order valence-corrected chi connectivity index (χ0v) is 21.6. The molecule has 0 bridgehead atoms. The molecule has 1 aliphatic heterocycles. The maximum Gasteiger partial charge on any atom is 0.263 e. The number of benzene rings is 2. The Balaban J connectivity index is 1.50. The Bertz CT molecular complexity index is 1440. The fourth-order valence-electron chi connectivity index (χ4n) is 3.81. The van der Waals surface area contributed by atoms with Gasteiger partial charge in [0.1, 0.15) is 5.82 Å². The molecule has 4 rings (SSSR count). The van der Waals surface area contributed by atoms with Gasteiger partial charge in [-0.3, -0.25) is 9.52 Å². The minimum atomic E-state index is -3.87. The second-order valence-corrected chi connectivity index (χ2v) is 12.3. The Hall–Kier alpha value is -2.99. The minimum absolute atomic E-state index is 0.000914. The van der Waals surface area contributed by atoms with E-state index in [1.807, 2.05) is 0 Å². The molecule has 1 fully saturated rings. The number of hydrogen-bond acceptors (Lipinski definition) is 6. The van der Waals surface area contributed by atoms with E-state index in [1.54, 1.807) is 12.1 Å². The summed E-state index contributed by atoms with van der Waals surface area (Å²) in [5.74, 6) is -0.435. The van der Waals surface area contributed by atoms with Crippen LogP contribution in [0, 0.1) is 0 Å². The van der Waals surface area contributed by atoms with Crippen LogP contribution < -0.4 is 10.0 Å². The first-order valence-electron chi connectivity index (χ1n) is 11.3. The van der Waals surface area contributed by atoms with Crippen LogP contribution in [0.4, 0.5) is 11.5 Å². The molecule has 1 aliphatic rings. The van der Waals surface area contributed by atoms with Gasteiger partial charge in [-0.1, -0.05) is 30.5 Å². The number of pyridine rings is 1. The van der Waals surface area contributed by atoms with Gasteiger partial charge in [0.05, 0.1) is 20.4 Å². The summed E-state index contributed by atoms with van der Waals surface area (Å²) in [6.45, 7) is 0.883. The number of amides is 1. The normalized spacial score (nSPS) is 15.1. The molecule has 190 valence electrons. The van der Waals surface area contributed by atoms with Crippen LogP contribution in [-0.4, -0.2) is 45.1 Å². The summed E-state index contributed by atoms with van der Waals surface area (Å²) in [5, 5.41) is 2.73. The number of hydrogen-bond donors (Lipinski definition) is 2. The molecular formula is C24H25ClN4O5S2. The number of aromatic nitrogens is 1. The average molecular weight is 549 g/mol. The third-order valence-electron chi connectivity index (χ3n) is 5.71. The smallest absolute Gasteiger partial charge is 0.263 e. The summed E-state index contributed by atoms with van der Waals surface area (Å²) in [5.41, 5.74) is 0.315. The average Bonchev–Trinajstić information content (AvgIpc) is 3.15. The molecule has 2 N–H and O–H groups in total. The first-order valence-corrected chi connectivity index (χ1v) is 14.6. The molecule has 0 unspecified atom stereocenters. The van der Waals surface area contributed by atoms with Gasteiger partial charge in [-0.15, -0.1) is 0 Å². The lowest BCUT2D eigenvalue weighted by atomic mass is 10.2. The maximum absolute atomic E-state index is 13.1. The molecular weight excluding hydrogens is 524 g/mol. The first kappa shape index (κ1) is 26.1. The topological polar surface area (TPSA) is 126 Å². The van der Waals surface area contributed by atoms with Crippen LogP contribution in [0.2, 0.25) is 5.02 Å². The SMILES string of the molecule is O=C(Nc1ccc(S(=O)(=O)Nc2ccccn2)cc1)c1cc(S(=O)(=O)N2CCCCCC2)ccc1Cl. The second-order valence-electron chi connectivity index (χ2n) is 8.26. The highest BCUT2D eigenvalue weighted by atomic mass is 35.5. The molecule has 12 heteroatoms. The summed E-state index contributed by atoms with van der Waals surface area (Å²) in [7, 11) is -7.63. The van der Waals surface area contributed by atoms with E-state index in [0.717, 1.165) is 25.7 Å². The molecule has 1 amide bonds. The molecule has 36 heavy (non-hydrogen) atoms. The highest BCUT2D eigenvalue weighted by Crippen LogP contribution is 2.26. The Kier molecular flexibility index (Phi) is 7.94. The van der Waals surface area contributed by atoms with Crippen molar-refractivity contribution in [3.05, 3.63) is 77.4 Å². The number of rotatable bonds is 7. The molecule has 2 heterocycles. The van der Waals surface area contributed by atoms with Gasteiger partial charge in [0, 0.05) is 25.0 Å². The highest BCUT2D eigenvalue weighted by Gasteiger charge is 2.27. The lowest BCUT2D eigenvalue weighted by Crippen LogP contribution is -2.32. The van der Waals surface area contributed by atoms with E-state index in [-0.39, 0.29) is 26.2 Å². The fourth-order valence-corrected chi connectivity index (χ4v) is 6.56. The second kappa shape index (κ2) is 11.0. The standard InChI is InChI=1S/C24H25ClN4O5S2/c25-22-13-12-20(36(33,34)29-15-5-1-2-6-16-29)17-21(22)24(30)27-18-8-10-19(11-9-18)35(31,32)28-23-7-3-4-14-26-23/h3-4,7-14,17H,1-2,5-6,15-16H2,(H,26,28)(H,27,30). The molecule has 3 aromatic rings. The van der Waals surface area contributed by atoms with Crippen molar-refractivity contribution in [2.75, 3.05) is 23.1 Å². The zero-order valence-electron chi connectivity index (χ0n) is 19.2. The molecule has 0 atom stereocenters. The van der Waals surface area contributed by atoms with Crippen LogP contribution >= 0.6 is 11.6 Å². The van der Waals surface area contributed by atoms with E-state index in [0.29, 0.717) is 18.8 Å². The zero-order chi connectivity index (χ0) is 25.8. The summed E-state index contributed by atoms with van der Waals surface area (Å²) in [6, 6.07) is 14.4. The van der Waals surface area contributed by atoms with E-state index < -0.39 is 26.0 Å². The molecule has 2 aromatic carbocycles. The van der Waals surface area contributed by atoms with Crippen molar-refractivity contribution in [2.45, 2.75) is 35.5 Å². The highest BCUT2D eigenvalue weighted by molar-refractivity contribution is 7.92. The van der Waals surface area contributed by atoms with Crippen LogP contribution in [0.3, 0.4) is 0 Å². The van der Waals surface area contributed by atoms with Crippen molar-refractivity contribution in [3.63, 3.8) is 0 Å². The largest absolute Gasteiger partial charge is 0.322 e. The monoisotopic (exact) mass is 548 g/mol. The van der Waals surface area contributed by atoms with Gasteiger partial charge in [0.25, 0.3) is 15.9 Å². The Labute approximate surface area is 215 Å². The number of halogens is 1. The maximum atomic E-state index is 13.1. The van der Waals surface area contributed by atoms with Gasteiger partial charge >= 0.3 is 0 Å². The van der Waals surface area contributed by atoms with Crippen LogP contribution in [0.5, 0.6) is 0 Å². The van der Waals surface area contributed by atoms with Crippen LogP contribution in [0.25, 0.3) is 0 Å². The summed E-state index contributed by atoms with van der Waals surface area (Å²) in [4.78, 5) is 16.8. The van der Waals surface area contributed by atoms with Crippen molar-refractivity contribution in [2.24, 2.45) is 0 Å². The van der Waals surface area contributed by atoms with Gasteiger partial charge < -0.3 is 5.32 Å². The van der Waals surface area contributed by atoms with Crippen molar-refractivity contribution in [3.8, 4) is 0 Å². The predicted molar refractivity (Wildman–Crippen MR) is 138 cm³/mol. The van der Waals surface area contributed by atoms with Gasteiger partial charge in [-0.2, -0.15) is 4.31 Å². The van der Waals surface area contributed by atoms with E-state index in [9.17, 15) is 21.6 Å². The lowest BCUT2D eigenvalue weighted by molar-refractivity contribution is 0.102. The number of sulfonamides is 2. The molecule has 9 nitrogen and oxygen atoms in total. The Morgan fingerprint density at radius 3 is 2.17 bits per heavy atom. The van der Waals surface area contributed by atoms with Crippen molar-refractivity contribution >= 4 is 49.1 Å². The van der Waals surface area contributed by atoms with Gasteiger partial charge in [0.15, 0.2) is 0 Å². The van der Waals surface area contributed by atoms with Gasteiger partial charge in [0.2, 0.25) is 10.0 Å². The van der Waals surface area contributed by atoms with E-state index >= 15 is 0 Å². The third kappa shape index (κ3) is 6.04. The van der Waals surface area contributed by atoms with Crippen molar-refractivity contribution in [1.29, 1.82) is 0 Å². The van der Waals surface area contributed by atoms with E-state index in [2.05, 4.69) is 15.0 Å². The molecule has 1 saturated heterocycles. The lowest BCUT2D eigenvalue weighted by Gasteiger charge is -2.20. The quantitative estimate of drug-likeness (QED) is 0.452. The number of anilines is 2. The first-order chi connectivity index (χ1) is 17.2. The third-order valence-corrected chi connectivity index (χ3v) is 9.31. The number of carbonyl (C=O) groups is 1. The number of nitrogens with one attached hydrogen (secondary N) is 2. The molecule has 0 radical (unpaired) electrons. The van der Waals surface area contributed by atoms with E-state index in [1.165, 1.54) is 59.0 Å². The Morgan fingerprint density at radius 1 is 0.861 bits per heavy atom. The summed E-state index contributed by atoms with van der Waals surface area (Å²) >= 11 is 6.22. The summed E-state index contributed by atoms with van der Waals surface area (Å²) < 4.78 is 55.2. The molecule has 0 aliphatic carbocycles. The number of nitrogens with zero attached hydrogens (tertiary/aromatic N) is 2. The van der Waals surface area contributed by atoms with Gasteiger partial charge in [-0.05, 0) is 67.4 Å². The molecule has 1 aromatic heterocycles. The van der Waals surface area contributed by atoms with Crippen molar-refractivity contribution in [1.82, 2.24) is 9.29 Å².